The molecule has 3 aromatic rings. The van der Waals surface area contributed by atoms with Gasteiger partial charge in [0.05, 0.1) is 27.5 Å². The first-order valence-electron chi connectivity index (χ1n) is 12.8. The van der Waals surface area contributed by atoms with Crippen LogP contribution in [-0.4, -0.2) is 60.2 Å². The fraction of sp³-hybridized carbons (Fsp3) is 0.364. The first-order chi connectivity index (χ1) is 18.8. The summed E-state index contributed by atoms with van der Waals surface area (Å²) in [5.41, 5.74) is -0.131. The number of rotatable bonds is 9. The number of halogens is 2. The van der Waals surface area contributed by atoms with Gasteiger partial charge in [0.15, 0.2) is 5.82 Å². The Labute approximate surface area is 220 Å². The number of alkyl carbamates (subject to hydrolysis) is 1. The van der Waals surface area contributed by atoms with E-state index >= 15 is 4.39 Å². The van der Waals surface area contributed by atoms with Gasteiger partial charge in [0.25, 0.3) is 0 Å². The van der Waals surface area contributed by atoms with Crippen molar-refractivity contribution in [3.63, 3.8) is 0 Å². The number of sulfonamides is 1. The van der Waals surface area contributed by atoms with Gasteiger partial charge in [-0.3, -0.25) is 9.40 Å². The Balaban J connectivity index is 2.12. The molecule has 1 aromatic carbocycles. The van der Waals surface area contributed by atoms with E-state index in [0.717, 1.165) is 19.4 Å². The normalized spacial score (nSPS) is 15.1. The molecule has 0 saturated carbocycles. The molecular formula is C22H27ClFN7O4S. The molecule has 3 rings (SSSR count). The van der Waals surface area contributed by atoms with Crippen LogP contribution in [0.4, 0.5) is 20.8 Å². The molecule has 0 fully saturated rings. The summed E-state index contributed by atoms with van der Waals surface area (Å²) in [5, 5.41) is 8.72. The predicted octanol–water partition coefficient (Wildman–Crippen LogP) is 3.91. The number of benzene rings is 1. The van der Waals surface area contributed by atoms with Crippen LogP contribution in [0, 0.1) is 5.82 Å². The quantitative estimate of drug-likeness (QED) is 0.368. The second-order valence-electron chi connectivity index (χ2n) is 7.76. The number of nitrogens with one attached hydrogen (secondary N) is 3. The lowest BCUT2D eigenvalue weighted by molar-refractivity contribution is 0.168. The van der Waals surface area contributed by atoms with Gasteiger partial charge in [0.2, 0.25) is 16.0 Å². The van der Waals surface area contributed by atoms with Crippen molar-refractivity contribution in [2.24, 2.45) is 0 Å². The first kappa shape index (κ1) is 20.7. The standard InChI is InChI=1S/C22H27ClFN7O4S/c1-12(2)31-11-16(17-6-7-25-21(28-17)26-10-13(3)27-22(32)35-4)20(29-31)15-8-14(23)9-18(19(15)24)30-36(5,33)34/h6-9,11-13,30H,10H2,1-5H3,(H,27,32)(H,25,26,28)/i3D3,10D2. The molecule has 0 spiro atoms. The summed E-state index contributed by atoms with van der Waals surface area (Å²) >= 11 is 6.18. The lowest BCUT2D eigenvalue weighted by atomic mass is 10.0. The van der Waals surface area contributed by atoms with Crippen LogP contribution in [0.3, 0.4) is 0 Å². The fourth-order valence-electron chi connectivity index (χ4n) is 3.00. The van der Waals surface area contributed by atoms with Crippen molar-refractivity contribution in [1.29, 1.82) is 0 Å². The van der Waals surface area contributed by atoms with E-state index in [0.29, 0.717) is 0 Å². The van der Waals surface area contributed by atoms with Gasteiger partial charge < -0.3 is 15.4 Å². The van der Waals surface area contributed by atoms with Gasteiger partial charge in [-0.1, -0.05) is 11.6 Å². The molecule has 2 heterocycles. The molecule has 0 bridgehead atoms. The highest BCUT2D eigenvalue weighted by Gasteiger charge is 2.22. The van der Waals surface area contributed by atoms with E-state index in [1.54, 1.807) is 6.20 Å². The number of amides is 1. The maximum absolute atomic E-state index is 15.6. The number of hydrogen-bond donors (Lipinski definition) is 3. The van der Waals surface area contributed by atoms with Crippen molar-refractivity contribution < 1.29 is 29.2 Å². The molecule has 0 saturated heterocycles. The van der Waals surface area contributed by atoms with Crippen molar-refractivity contribution in [3.8, 4) is 22.5 Å². The van der Waals surface area contributed by atoms with E-state index in [4.69, 9.17) is 18.5 Å². The van der Waals surface area contributed by atoms with E-state index in [2.05, 4.69) is 29.8 Å². The predicted molar refractivity (Wildman–Crippen MR) is 136 cm³/mol. The average molecular weight is 545 g/mol. The lowest BCUT2D eigenvalue weighted by Gasteiger charge is -2.14. The molecule has 0 aliphatic rings. The Morgan fingerprint density at radius 1 is 1.36 bits per heavy atom. The summed E-state index contributed by atoms with van der Waals surface area (Å²) < 4.78 is 86.8. The van der Waals surface area contributed by atoms with Crippen LogP contribution in [0.1, 0.15) is 33.6 Å². The minimum absolute atomic E-state index is 0.0182. The highest BCUT2D eigenvalue weighted by atomic mass is 35.5. The summed E-state index contributed by atoms with van der Waals surface area (Å²) in [6.45, 7) is -2.16. The highest BCUT2D eigenvalue weighted by Crippen LogP contribution is 2.37. The Morgan fingerprint density at radius 2 is 2.11 bits per heavy atom. The van der Waals surface area contributed by atoms with Gasteiger partial charge in [0.1, 0.15) is 5.69 Å². The van der Waals surface area contributed by atoms with Gasteiger partial charge in [-0.15, -0.1) is 0 Å². The monoisotopic (exact) mass is 544 g/mol. The molecule has 1 unspecified atom stereocenters. The van der Waals surface area contributed by atoms with Gasteiger partial charge in [-0.05, 0) is 38.9 Å². The number of hydrogen-bond acceptors (Lipinski definition) is 8. The average Bonchev–Trinajstić information content (AvgIpc) is 3.28. The van der Waals surface area contributed by atoms with E-state index in [1.807, 2.05) is 19.2 Å². The summed E-state index contributed by atoms with van der Waals surface area (Å²) in [6, 6.07) is 1.54. The van der Waals surface area contributed by atoms with Crippen LogP contribution in [0.5, 0.6) is 0 Å². The SMILES string of the molecule is [2H]C([2H])([2H])C(NC(=O)OC)C([2H])([2H])Nc1nccc(-c2cn(C(C)C)nc2-c2cc(Cl)cc(NS(C)(=O)=O)c2F)n1. The van der Waals surface area contributed by atoms with E-state index < -0.39 is 47.0 Å². The second-order valence-corrected chi connectivity index (χ2v) is 9.94. The molecule has 3 N–H and O–H groups in total. The van der Waals surface area contributed by atoms with Crippen molar-refractivity contribution in [3.05, 3.63) is 41.4 Å². The zero-order chi connectivity index (χ0) is 30.9. The Kier molecular flexibility index (Phi) is 6.38. The molecule has 14 heteroatoms. The zero-order valence-corrected chi connectivity index (χ0v) is 21.2. The van der Waals surface area contributed by atoms with Crippen LogP contribution in [0.15, 0.2) is 30.6 Å². The number of ether oxygens (including phenoxy) is 1. The molecule has 194 valence electrons. The number of aromatic nitrogens is 4. The molecule has 11 nitrogen and oxygen atoms in total. The zero-order valence-electron chi connectivity index (χ0n) is 24.6. The number of methoxy groups -OCH3 is 1. The van der Waals surface area contributed by atoms with E-state index in [9.17, 15) is 13.2 Å². The third kappa shape index (κ3) is 6.82. The topological polar surface area (TPSA) is 140 Å². The third-order valence-corrected chi connectivity index (χ3v) is 5.37. The summed E-state index contributed by atoms with van der Waals surface area (Å²) in [4.78, 5) is 19.9. The van der Waals surface area contributed by atoms with Gasteiger partial charge in [0, 0.05) is 51.2 Å². The third-order valence-electron chi connectivity index (χ3n) is 4.56. The van der Waals surface area contributed by atoms with E-state index in [1.165, 1.54) is 23.0 Å². The number of nitrogens with zero attached hydrogens (tertiary/aromatic N) is 4. The first-order valence-corrected chi connectivity index (χ1v) is 12.6. The van der Waals surface area contributed by atoms with Crippen molar-refractivity contribution >= 4 is 39.4 Å². The Bertz CT molecular complexity index is 1550. The summed E-state index contributed by atoms with van der Waals surface area (Å²) in [5.74, 6) is -1.31. The maximum atomic E-state index is 15.6. The molecule has 36 heavy (non-hydrogen) atoms. The van der Waals surface area contributed by atoms with Crippen LogP contribution in [0.2, 0.25) is 5.02 Å². The summed E-state index contributed by atoms with van der Waals surface area (Å²) in [7, 11) is -2.85. The molecule has 1 atom stereocenters. The van der Waals surface area contributed by atoms with Gasteiger partial charge in [-0.25, -0.2) is 27.6 Å². The van der Waals surface area contributed by atoms with Crippen molar-refractivity contribution in [2.75, 3.05) is 29.9 Å². The Morgan fingerprint density at radius 3 is 2.75 bits per heavy atom. The summed E-state index contributed by atoms with van der Waals surface area (Å²) in [6.07, 6.45) is 2.50. The number of carbonyl (C=O) groups is 1. The number of carbonyl (C=O) groups excluding carboxylic acids is 1. The van der Waals surface area contributed by atoms with Crippen molar-refractivity contribution in [2.45, 2.75) is 32.8 Å². The maximum Gasteiger partial charge on any atom is 0.407 e. The largest absolute Gasteiger partial charge is 0.453 e. The van der Waals surface area contributed by atoms with Crippen LogP contribution in [-0.2, 0) is 14.8 Å². The highest BCUT2D eigenvalue weighted by molar-refractivity contribution is 7.92. The van der Waals surface area contributed by atoms with Gasteiger partial charge in [-0.2, -0.15) is 5.10 Å². The smallest absolute Gasteiger partial charge is 0.407 e. The van der Waals surface area contributed by atoms with Crippen LogP contribution >= 0.6 is 11.6 Å². The fourth-order valence-corrected chi connectivity index (χ4v) is 3.76. The number of anilines is 2. The molecular weight excluding hydrogens is 513 g/mol. The van der Waals surface area contributed by atoms with Gasteiger partial charge >= 0.3 is 6.09 Å². The van der Waals surface area contributed by atoms with Crippen LogP contribution in [0.25, 0.3) is 22.5 Å². The minimum Gasteiger partial charge on any atom is -0.453 e. The lowest BCUT2D eigenvalue weighted by Crippen LogP contribution is -2.37. The molecule has 0 aliphatic heterocycles. The molecule has 1 amide bonds. The minimum atomic E-state index is -3.85. The van der Waals surface area contributed by atoms with Crippen LogP contribution < -0.4 is 15.4 Å². The second kappa shape index (κ2) is 11.1. The van der Waals surface area contributed by atoms with Crippen molar-refractivity contribution in [1.82, 2.24) is 25.1 Å². The van der Waals surface area contributed by atoms with E-state index in [-0.39, 0.29) is 39.5 Å². The molecule has 2 aromatic heterocycles. The molecule has 0 radical (unpaired) electrons. The Hall–Kier alpha value is -3.45. The molecule has 0 aliphatic carbocycles.